The van der Waals surface area contributed by atoms with Crippen LogP contribution in [0.5, 0.6) is 0 Å². The summed E-state index contributed by atoms with van der Waals surface area (Å²) in [7, 11) is 0. The summed E-state index contributed by atoms with van der Waals surface area (Å²) in [5, 5.41) is 74.7. The minimum atomic E-state index is -1.59. The molecule has 13 nitrogen and oxygen atoms in total. The van der Waals surface area contributed by atoms with Gasteiger partial charge in [0.1, 0.15) is 37.1 Å². The summed E-state index contributed by atoms with van der Waals surface area (Å²) >= 11 is 0. The number of carbonyl (C=O) groups is 1. The third-order valence-electron chi connectivity index (χ3n) is 14.1. The predicted molar refractivity (Wildman–Crippen MR) is 166 cm³/mol. The van der Waals surface area contributed by atoms with Crippen molar-refractivity contribution in [3.8, 4) is 0 Å². The Hall–Kier alpha value is -1.23. The maximum Gasteiger partial charge on any atom is 0.331 e. The summed E-state index contributed by atoms with van der Waals surface area (Å²) in [6.07, 6.45) is -1.55. The van der Waals surface area contributed by atoms with Crippen molar-refractivity contribution < 1.29 is 64.2 Å². The molecule has 4 saturated carbocycles. The summed E-state index contributed by atoms with van der Waals surface area (Å²) in [5.74, 6) is 0.337. The molecule has 0 aromatic carbocycles. The third-order valence-corrected chi connectivity index (χ3v) is 14.1. The van der Waals surface area contributed by atoms with Gasteiger partial charge >= 0.3 is 5.97 Å². The van der Waals surface area contributed by atoms with Gasteiger partial charge in [-0.2, -0.15) is 0 Å². The van der Waals surface area contributed by atoms with Crippen molar-refractivity contribution in [1.29, 1.82) is 0 Å². The van der Waals surface area contributed by atoms with Gasteiger partial charge in [-0.1, -0.05) is 6.92 Å². The molecule has 13 heteroatoms. The molecule has 0 amide bonds. The highest BCUT2D eigenvalue weighted by atomic mass is 16.7. The van der Waals surface area contributed by atoms with Gasteiger partial charge in [0.2, 0.25) is 0 Å². The van der Waals surface area contributed by atoms with Crippen LogP contribution in [-0.2, 0) is 28.5 Å². The van der Waals surface area contributed by atoms with Gasteiger partial charge in [0.25, 0.3) is 0 Å². The van der Waals surface area contributed by atoms with E-state index in [0.29, 0.717) is 13.0 Å². The molecule has 17 atom stereocenters. The summed E-state index contributed by atoms with van der Waals surface area (Å²) in [4.78, 5) is 11.9. The maximum absolute atomic E-state index is 12.5. The molecule has 7 N–H and O–H groups in total. The van der Waals surface area contributed by atoms with E-state index in [1.165, 1.54) is 0 Å². The Bertz CT molecular complexity index is 1220. The van der Waals surface area contributed by atoms with Crippen LogP contribution in [0.1, 0.15) is 78.1 Å². The van der Waals surface area contributed by atoms with E-state index in [1.54, 1.807) is 13.0 Å². The van der Waals surface area contributed by atoms with Gasteiger partial charge in [-0.05, 0) is 99.4 Å². The fourth-order valence-corrected chi connectivity index (χ4v) is 11.5. The first-order valence-electron chi connectivity index (χ1n) is 18.0. The molecule has 4 aliphatic carbocycles. The second-order valence-electron chi connectivity index (χ2n) is 16.1. The van der Waals surface area contributed by atoms with Crippen molar-refractivity contribution in [1.82, 2.24) is 0 Å². The zero-order valence-electron chi connectivity index (χ0n) is 27.9. The molecule has 3 aliphatic heterocycles. The molecular weight excluding hydrogens is 628 g/mol. The number of hydrogen-bond donors (Lipinski definition) is 7. The van der Waals surface area contributed by atoms with Gasteiger partial charge in [-0.3, -0.25) is 0 Å². The third kappa shape index (κ3) is 5.51. The first-order valence-corrected chi connectivity index (χ1v) is 18.0. The van der Waals surface area contributed by atoms with E-state index in [1.807, 2.05) is 0 Å². The Labute approximate surface area is 281 Å². The molecule has 3 heterocycles. The number of esters is 1. The summed E-state index contributed by atoms with van der Waals surface area (Å²) in [6.45, 7) is 3.73. The minimum absolute atomic E-state index is 0.0713. The van der Waals surface area contributed by atoms with Crippen LogP contribution < -0.4 is 0 Å². The molecular formula is C35H54O13. The highest BCUT2D eigenvalue weighted by molar-refractivity contribution is 5.85. The first-order chi connectivity index (χ1) is 22.8. The Morgan fingerprint density at radius 2 is 1.69 bits per heavy atom. The average molecular weight is 683 g/mol. The average Bonchev–Trinajstić information content (AvgIpc) is 3.61. The second-order valence-corrected chi connectivity index (χ2v) is 16.1. The molecule has 0 spiro atoms. The van der Waals surface area contributed by atoms with E-state index in [0.717, 1.165) is 56.9 Å². The Kier molecular flexibility index (Phi) is 9.58. The number of ether oxygens (including phenoxy) is 5. The standard InChI is InChI=1S/C35H54O13/c1-17-31(48-32-30(42)29(41)28(40)25(14-36)47-32)24(38)13-27(45-17)46-20-5-9-34(16-37)19(12-20)3-4-23-22(34)6-8-33(2)21(7-10-35(23,33)43)18-11-26(39)44-15-18/h11,17,19-25,27-32,36-38,40-43H,3-10,12-16H2,1-2H3/t17-,19-,20+,21-,22+,23-,24+,25-,27+,28-,29+,30-,31+,32+,33-,34-,35+/m1/s1. The van der Waals surface area contributed by atoms with Crippen molar-refractivity contribution in [2.75, 3.05) is 19.8 Å². The fraction of sp³-hybridized carbons (Fsp3) is 0.914. The van der Waals surface area contributed by atoms with Gasteiger partial charge in [-0.15, -0.1) is 0 Å². The number of cyclic esters (lactones) is 1. The van der Waals surface area contributed by atoms with Crippen LogP contribution >= 0.6 is 0 Å². The van der Waals surface area contributed by atoms with E-state index >= 15 is 0 Å². The zero-order chi connectivity index (χ0) is 34.2. The summed E-state index contributed by atoms with van der Waals surface area (Å²) in [5.41, 5.74) is -0.480. The highest BCUT2D eigenvalue weighted by Gasteiger charge is 2.68. The lowest BCUT2D eigenvalue weighted by Gasteiger charge is -2.64. The lowest BCUT2D eigenvalue weighted by molar-refractivity contribution is -0.344. The Balaban J connectivity index is 0.976. The minimum Gasteiger partial charge on any atom is -0.458 e. The second kappa shape index (κ2) is 13.1. The van der Waals surface area contributed by atoms with Crippen LogP contribution in [0.25, 0.3) is 0 Å². The van der Waals surface area contributed by atoms with Gasteiger partial charge in [0.15, 0.2) is 12.6 Å². The Morgan fingerprint density at radius 3 is 2.38 bits per heavy atom. The van der Waals surface area contributed by atoms with Crippen LogP contribution in [0, 0.1) is 34.5 Å². The number of carbonyl (C=O) groups excluding carboxylic acids is 1. The number of aliphatic hydroxyl groups is 7. The fourth-order valence-electron chi connectivity index (χ4n) is 11.5. The quantitative estimate of drug-likeness (QED) is 0.143. The number of fused-ring (bicyclic) bond motifs is 5. The van der Waals surface area contributed by atoms with Crippen molar-refractivity contribution in [2.45, 2.75) is 145 Å². The first kappa shape index (κ1) is 35.2. The molecule has 6 fully saturated rings. The number of hydrogen-bond acceptors (Lipinski definition) is 13. The normalized spacial score (nSPS) is 53.8. The van der Waals surface area contributed by atoms with Crippen LogP contribution in [0.2, 0.25) is 0 Å². The topological polar surface area (TPSA) is 205 Å². The van der Waals surface area contributed by atoms with Crippen molar-refractivity contribution in [2.24, 2.45) is 34.5 Å². The van der Waals surface area contributed by atoms with Gasteiger partial charge in [0.05, 0.1) is 30.5 Å². The summed E-state index contributed by atoms with van der Waals surface area (Å²) < 4.78 is 29.1. The molecule has 2 saturated heterocycles. The molecule has 0 bridgehead atoms. The Morgan fingerprint density at radius 1 is 0.896 bits per heavy atom. The van der Waals surface area contributed by atoms with Crippen molar-refractivity contribution in [3.63, 3.8) is 0 Å². The van der Waals surface area contributed by atoms with Crippen LogP contribution in [-0.4, -0.2) is 129 Å². The molecule has 7 rings (SSSR count). The van der Waals surface area contributed by atoms with Crippen LogP contribution in [0.3, 0.4) is 0 Å². The molecule has 0 aromatic rings. The molecule has 0 aromatic heterocycles. The summed E-state index contributed by atoms with van der Waals surface area (Å²) in [6, 6.07) is 0. The molecule has 0 radical (unpaired) electrons. The van der Waals surface area contributed by atoms with Crippen LogP contribution in [0.4, 0.5) is 0 Å². The monoisotopic (exact) mass is 682 g/mol. The molecule has 7 aliphatic rings. The zero-order valence-corrected chi connectivity index (χ0v) is 27.9. The SMILES string of the molecule is C[C@H]1O[C@@H](O[C@H]2CC[C@@]3(CO)[C@H](CC[C@@H]4[C@@H]3CC[C@]3(C)[C@@H](C5=CC(=O)OC5)CC[C@]43O)C2)C[C@H](O)[C@H]1O[C@@H]1O[C@H](CO)[C@@H](O)[C@H](O)[C@H]1O. The molecule has 272 valence electrons. The largest absolute Gasteiger partial charge is 0.458 e. The van der Waals surface area contributed by atoms with E-state index < -0.39 is 67.5 Å². The van der Waals surface area contributed by atoms with E-state index in [-0.39, 0.29) is 59.6 Å². The van der Waals surface area contributed by atoms with E-state index in [2.05, 4.69) is 6.92 Å². The van der Waals surface area contributed by atoms with E-state index in [9.17, 15) is 40.5 Å². The van der Waals surface area contributed by atoms with Gasteiger partial charge in [0, 0.05) is 24.5 Å². The number of aliphatic hydroxyl groups excluding tert-OH is 6. The molecule has 0 unspecified atom stereocenters. The maximum atomic E-state index is 12.5. The lowest BCUT2D eigenvalue weighted by Crippen LogP contribution is -2.64. The van der Waals surface area contributed by atoms with Gasteiger partial charge in [-0.25, -0.2) is 4.79 Å². The number of rotatable bonds is 7. The lowest BCUT2D eigenvalue weighted by atomic mass is 9.43. The van der Waals surface area contributed by atoms with Crippen LogP contribution in [0.15, 0.2) is 11.6 Å². The molecule has 48 heavy (non-hydrogen) atoms. The highest BCUT2D eigenvalue weighted by Crippen LogP contribution is 2.70. The smallest absolute Gasteiger partial charge is 0.331 e. The predicted octanol–water partition coefficient (Wildman–Crippen LogP) is 0.282. The van der Waals surface area contributed by atoms with Gasteiger partial charge < -0.3 is 59.4 Å². The van der Waals surface area contributed by atoms with E-state index in [4.69, 9.17) is 23.7 Å². The van der Waals surface area contributed by atoms with Crippen molar-refractivity contribution >= 4 is 5.97 Å². The van der Waals surface area contributed by atoms with Crippen molar-refractivity contribution in [3.05, 3.63) is 11.6 Å².